The molecule has 2 amide bonds. The molecule has 5 rings (SSSR count). The van der Waals surface area contributed by atoms with Crippen LogP contribution >= 0.6 is 11.6 Å². The Morgan fingerprint density at radius 3 is 2.92 bits per heavy atom. The quantitative estimate of drug-likeness (QED) is 0.501. The highest BCUT2D eigenvalue weighted by atomic mass is 35.5. The first-order valence-electron chi connectivity index (χ1n) is 11.8. The number of anilines is 1. The van der Waals surface area contributed by atoms with E-state index in [-0.39, 0.29) is 18.5 Å². The lowest BCUT2D eigenvalue weighted by Gasteiger charge is -2.24. The van der Waals surface area contributed by atoms with Crippen LogP contribution < -0.4 is 10.6 Å². The monoisotopic (exact) mass is 510 g/mol. The summed E-state index contributed by atoms with van der Waals surface area (Å²) in [6.45, 7) is 0.448. The molecule has 1 fully saturated rings. The van der Waals surface area contributed by atoms with Gasteiger partial charge < -0.3 is 20.3 Å². The van der Waals surface area contributed by atoms with Crippen LogP contribution in [0.2, 0.25) is 0 Å². The standard InChI is InChI=1S/C24H27ClN8O3/c1-31(16-6-3-4-7-16)20(34)14-32-13-19(21(30-32)17-10-15(25)11-27-24(17)36-2)29-23(35)18-12-28-33-9-5-8-26-22(18)33/h5,8-10,12-13,16,27H,3-4,6-7,11,14H2,1-2H3,(H,29,35). The second-order valence-electron chi connectivity index (χ2n) is 8.82. The number of likely N-dealkylation sites (N-methyl/N-ethyl adjacent to an activating group) is 1. The summed E-state index contributed by atoms with van der Waals surface area (Å²) in [5.41, 5.74) is 2.13. The number of halogens is 1. The molecule has 0 unspecified atom stereocenters. The molecule has 12 heteroatoms. The minimum absolute atomic E-state index is 0.0363. The summed E-state index contributed by atoms with van der Waals surface area (Å²) in [6, 6.07) is 1.98. The summed E-state index contributed by atoms with van der Waals surface area (Å²) in [5.74, 6) is 0.0152. The van der Waals surface area contributed by atoms with Gasteiger partial charge in [0.2, 0.25) is 5.91 Å². The van der Waals surface area contributed by atoms with Crippen molar-refractivity contribution in [1.29, 1.82) is 0 Å². The summed E-state index contributed by atoms with van der Waals surface area (Å²) in [7, 11) is 3.37. The molecule has 2 N–H and O–H groups in total. The third kappa shape index (κ3) is 4.66. The molecule has 4 heterocycles. The highest BCUT2D eigenvalue weighted by molar-refractivity contribution is 6.30. The average molecular weight is 511 g/mol. The van der Waals surface area contributed by atoms with E-state index in [1.807, 2.05) is 7.05 Å². The Labute approximate surface area is 212 Å². The molecule has 0 aromatic carbocycles. The number of nitrogens with zero attached hydrogens (tertiary/aromatic N) is 6. The van der Waals surface area contributed by atoms with Crippen LogP contribution in [0, 0.1) is 0 Å². The number of hydrogen-bond donors (Lipinski definition) is 2. The van der Waals surface area contributed by atoms with Crippen molar-refractivity contribution in [2.75, 3.05) is 26.0 Å². The fourth-order valence-electron chi connectivity index (χ4n) is 4.61. The molecule has 3 aromatic rings. The molecule has 188 valence electrons. The lowest BCUT2D eigenvalue weighted by atomic mass is 10.1. The Balaban J connectivity index is 1.48. The van der Waals surface area contributed by atoms with Crippen LogP contribution in [0.3, 0.4) is 0 Å². The van der Waals surface area contributed by atoms with Gasteiger partial charge in [0.25, 0.3) is 5.91 Å². The number of ether oxygens (including phenoxy) is 1. The molecule has 1 aliphatic heterocycles. The second-order valence-corrected chi connectivity index (χ2v) is 9.31. The van der Waals surface area contributed by atoms with Crippen LogP contribution in [-0.4, -0.2) is 67.8 Å². The van der Waals surface area contributed by atoms with Crippen LogP contribution in [0.15, 0.2) is 47.8 Å². The third-order valence-electron chi connectivity index (χ3n) is 6.52. The topological polar surface area (TPSA) is 119 Å². The lowest BCUT2D eigenvalue weighted by molar-refractivity contribution is -0.132. The number of aromatic nitrogens is 5. The van der Waals surface area contributed by atoms with Crippen LogP contribution in [0.1, 0.15) is 41.7 Å². The fourth-order valence-corrected chi connectivity index (χ4v) is 4.78. The SMILES string of the molecule is COC1=C(c2nn(CC(=O)N(C)C3CCCC3)cc2NC(=O)c2cnn3cccnc23)C=C(Cl)CN1. The van der Waals surface area contributed by atoms with Crippen molar-refractivity contribution >= 4 is 40.3 Å². The maximum absolute atomic E-state index is 13.2. The van der Waals surface area contributed by atoms with Gasteiger partial charge in [-0.2, -0.15) is 10.2 Å². The van der Waals surface area contributed by atoms with Crippen LogP contribution in [0.5, 0.6) is 0 Å². The van der Waals surface area contributed by atoms with Gasteiger partial charge in [0.05, 0.1) is 31.1 Å². The highest BCUT2D eigenvalue weighted by Crippen LogP contribution is 2.31. The highest BCUT2D eigenvalue weighted by Gasteiger charge is 2.26. The molecular weight excluding hydrogens is 484 g/mol. The molecule has 11 nitrogen and oxygen atoms in total. The molecule has 0 bridgehead atoms. The van der Waals surface area contributed by atoms with E-state index >= 15 is 0 Å². The number of carbonyl (C=O) groups excluding carboxylic acids is 2. The van der Waals surface area contributed by atoms with E-state index in [9.17, 15) is 9.59 Å². The Morgan fingerprint density at radius 2 is 2.14 bits per heavy atom. The minimum atomic E-state index is -0.405. The summed E-state index contributed by atoms with van der Waals surface area (Å²) >= 11 is 6.30. The zero-order valence-electron chi connectivity index (χ0n) is 20.1. The van der Waals surface area contributed by atoms with E-state index in [1.54, 1.807) is 35.6 Å². The molecule has 0 atom stereocenters. The second kappa shape index (κ2) is 10.0. The van der Waals surface area contributed by atoms with Gasteiger partial charge in [0, 0.05) is 36.7 Å². The number of rotatable bonds is 7. The number of hydrogen-bond acceptors (Lipinski definition) is 7. The van der Waals surface area contributed by atoms with Gasteiger partial charge in [0.15, 0.2) is 11.5 Å². The molecule has 0 spiro atoms. The van der Waals surface area contributed by atoms with Crippen molar-refractivity contribution in [3.63, 3.8) is 0 Å². The number of carbonyl (C=O) groups is 2. The molecule has 36 heavy (non-hydrogen) atoms. The summed E-state index contributed by atoms with van der Waals surface area (Å²) in [5, 5.41) is 15.4. The first-order valence-corrected chi connectivity index (χ1v) is 12.1. The largest absolute Gasteiger partial charge is 0.482 e. The molecule has 0 saturated heterocycles. The zero-order valence-corrected chi connectivity index (χ0v) is 20.8. The zero-order chi connectivity index (χ0) is 25.2. The van der Waals surface area contributed by atoms with E-state index < -0.39 is 5.91 Å². The molecule has 1 saturated carbocycles. The normalized spacial score (nSPS) is 16.1. The molecule has 2 aliphatic rings. The maximum atomic E-state index is 13.2. The van der Waals surface area contributed by atoms with Gasteiger partial charge in [-0.3, -0.25) is 14.3 Å². The Bertz CT molecular complexity index is 1370. The summed E-state index contributed by atoms with van der Waals surface area (Å²) in [4.78, 5) is 32.3. The first-order chi connectivity index (χ1) is 17.4. The van der Waals surface area contributed by atoms with Gasteiger partial charge in [-0.05, 0) is 25.0 Å². The van der Waals surface area contributed by atoms with Gasteiger partial charge >= 0.3 is 0 Å². The van der Waals surface area contributed by atoms with E-state index in [4.69, 9.17) is 16.3 Å². The molecular formula is C24H27ClN8O3. The van der Waals surface area contributed by atoms with Crippen molar-refractivity contribution in [2.45, 2.75) is 38.3 Å². The predicted octanol–water partition coefficient (Wildman–Crippen LogP) is 2.62. The number of amides is 2. The lowest BCUT2D eigenvalue weighted by Crippen LogP contribution is -2.37. The Kier molecular flexibility index (Phi) is 6.64. The van der Waals surface area contributed by atoms with Gasteiger partial charge in [0.1, 0.15) is 17.8 Å². The number of allylic oxidation sites excluding steroid dienone is 2. The number of methoxy groups -OCH3 is 1. The maximum Gasteiger partial charge on any atom is 0.261 e. The van der Waals surface area contributed by atoms with E-state index in [2.05, 4.69) is 25.8 Å². The summed E-state index contributed by atoms with van der Waals surface area (Å²) in [6.07, 6.45) is 12.5. The van der Waals surface area contributed by atoms with Gasteiger partial charge in [-0.25, -0.2) is 9.50 Å². The predicted molar refractivity (Wildman–Crippen MR) is 134 cm³/mol. The number of nitrogens with one attached hydrogen (secondary N) is 2. The average Bonchev–Trinajstić information content (AvgIpc) is 3.63. The van der Waals surface area contributed by atoms with Crippen LogP contribution in [-0.2, 0) is 16.1 Å². The van der Waals surface area contributed by atoms with Crippen molar-refractivity contribution in [3.8, 4) is 0 Å². The van der Waals surface area contributed by atoms with Crippen molar-refractivity contribution in [2.24, 2.45) is 0 Å². The number of fused-ring (bicyclic) bond motifs is 1. The smallest absolute Gasteiger partial charge is 0.261 e. The van der Waals surface area contributed by atoms with E-state index in [0.29, 0.717) is 45.6 Å². The van der Waals surface area contributed by atoms with E-state index in [0.717, 1.165) is 25.7 Å². The summed E-state index contributed by atoms with van der Waals surface area (Å²) < 4.78 is 8.55. The van der Waals surface area contributed by atoms with Gasteiger partial charge in [-0.1, -0.05) is 24.4 Å². The minimum Gasteiger partial charge on any atom is -0.482 e. The first kappa shape index (κ1) is 23.9. The Hall–Kier alpha value is -3.86. The van der Waals surface area contributed by atoms with Crippen LogP contribution in [0.25, 0.3) is 11.2 Å². The van der Waals surface area contributed by atoms with Crippen molar-refractivity contribution < 1.29 is 14.3 Å². The van der Waals surface area contributed by atoms with Crippen LogP contribution in [0.4, 0.5) is 5.69 Å². The van der Waals surface area contributed by atoms with Crippen molar-refractivity contribution in [1.82, 2.24) is 34.6 Å². The molecule has 3 aromatic heterocycles. The number of dihydropyridines is 1. The van der Waals surface area contributed by atoms with E-state index in [1.165, 1.54) is 22.5 Å². The molecule has 0 radical (unpaired) electrons. The Morgan fingerprint density at radius 1 is 1.33 bits per heavy atom. The van der Waals surface area contributed by atoms with Gasteiger partial charge in [-0.15, -0.1) is 0 Å². The molecule has 1 aliphatic carbocycles. The third-order valence-corrected chi connectivity index (χ3v) is 6.76. The fraction of sp³-hybridized carbons (Fsp3) is 0.375. The van der Waals surface area contributed by atoms with Crippen molar-refractivity contribution in [3.05, 3.63) is 59.1 Å².